The van der Waals surface area contributed by atoms with Crippen molar-refractivity contribution in [3.05, 3.63) is 47.4 Å². The van der Waals surface area contributed by atoms with Crippen LogP contribution < -0.4 is 10.2 Å². The number of aromatic nitrogens is 4. The summed E-state index contributed by atoms with van der Waals surface area (Å²) in [6.07, 6.45) is -2.33. The van der Waals surface area contributed by atoms with Crippen molar-refractivity contribution in [2.45, 2.75) is 38.3 Å². The van der Waals surface area contributed by atoms with Gasteiger partial charge >= 0.3 is 12.3 Å². The van der Waals surface area contributed by atoms with E-state index in [9.17, 15) is 22.4 Å². The first-order valence-electron chi connectivity index (χ1n) is 9.82. The Morgan fingerprint density at radius 3 is 2.64 bits per heavy atom. The number of carbonyl (C=O) groups excluding carboxylic acids is 1. The number of amides is 1. The van der Waals surface area contributed by atoms with Crippen molar-refractivity contribution in [3.63, 3.8) is 0 Å². The molecule has 1 aliphatic rings. The molecule has 3 atom stereocenters. The monoisotopic (exact) mass is 482 g/mol. The fourth-order valence-electron chi connectivity index (χ4n) is 3.16. The summed E-state index contributed by atoms with van der Waals surface area (Å²) in [4.78, 5) is 30.1. The third-order valence-electron chi connectivity index (χ3n) is 4.92. The lowest BCUT2D eigenvalue weighted by Gasteiger charge is -2.22. The van der Waals surface area contributed by atoms with E-state index in [1.807, 2.05) is 6.92 Å². The third kappa shape index (κ3) is 4.87. The number of ether oxygens (including phenoxy) is 1. The molecule has 0 radical (unpaired) electrons. The molecule has 0 saturated carbocycles. The van der Waals surface area contributed by atoms with E-state index in [1.165, 1.54) is 36.6 Å². The first-order chi connectivity index (χ1) is 15.6. The number of hydrogen-bond acceptors (Lipinski definition) is 8. The van der Waals surface area contributed by atoms with Crippen molar-refractivity contribution in [1.29, 1.82) is 0 Å². The molecule has 33 heavy (non-hydrogen) atoms. The smallest absolute Gasteiger partial charge is 0.433 e. The number of pyridine rings is 1. The van der Waals surface area contributed by atoms with Crippen LogP contribution in [-0.2, 0) is 10.9 Å². The zero-order valence-electron chi connectivity index (χ0n) is 17.4. The molecule has 1 N–H and O–H groups in total. The molecule has 1 aliphatic heterocycles. The number of hydrogen-bond donors (Lipinski definition) is 1. The van der Waals surface area contributed by atoms with Crippen LogP contribution in [0.1, 0.15) is 30.5 Å². The third-order valence-corrected chi connectivity index (χ3v) is 6.15. The van der Waals surface area contributed by atoms with Crippen LogP contribution in [0.25, 0.3) is 10.6 Å². The molecule has 4 rings (SSSR count). The zero-order valence-corrected chi connectivity index (χ0v) is 18.2. The standard InChI is InChI=1S/C20H18F4N6O2S/c1-10(21)13-9-32-19(31)30(13)16-5-6-25-18(29-16)28-11(2)14-8-27-17(33-14)12-3-4-15(26-7-12)20(22,23)24/h3-8,10-11,13H,9H2,1-2H3,(H,25,28,29)/t10-,11+,13?/m1/s1. The number of anilines is 2. The Morgan fingerprint density at radius 1 is 1.18 bits per heavy atom. The van der Waals surface area contributed by atoms with E-state index in [-0.39, 0.29) is 24.4 Å². The molecular formula is C20H18F4N6O2S. The van der Waals surface area contributed by atoms with Gasteiger partial charge in [-0.05, 0) is 32.0 Å². The van der Waals surface area contributed by atoms with Crippen molar-refractivity contribution >= 4 is 29.2 Å². The van der Waals surface area contributed by atoms with Gasteiger partial charge in [0.1, 0.15) is 35.3 Å². The molecule has 174 valence electrons. The van der Waals surface area contributed by atoms with Crippen molar-refractivity contribution in [3.8, 4) is 10.6 Å². The molecule has 0 spiro atoms. The SMILES string of the molecule is C[C@H](Nc1nccc(N2C(=O)OCC2[C@@H](C)F)n1)c1cnc(-c2ccc(C(F)(F)F)nc2)s1. The van der Waals surface area contributed by atoms with E-state index >= 15 is 0 Å². The summed E-state index contributed by atoms with van der Waals surface area (Å²) < 4.78 is 56.9. The molecule has 0 bridgehead atoms. The maximum Gasteiger partial charge on any atom is 0.433 e. The fourth-order valence-corrected chi connectivity index (χ4v) is 4.07. The highest BCUT2D eigenvalue weighted by atomic mass is 32.1. The Balaban J connectivity index is 1.48. The van der Waals surface area contributed by atoms with Gasteiger partial charge in [0.15, 0.2) is 0 Å². The lowest BCUT2D eigenvalue weighted by molar-refractivity contribution is -0.141. The highest BCUT2D eigenvalue weighted by Crippen LogP contribution is 2.32. The van der Waals surface area contributed by atoms with E-state index in [4.69, 9.17) is 4.74 Å². The van der Waals surface area contributed by atoms with E-state index in [1.54, 1.807) is 6.20 Å². The van der Waals surface area contributed by atoms with Crippen LogP contribution in [0.2, 0.25) is 0 Å². The largest absolute Gasteiger partial charge is 0.447 e. The van der Waals surface area contributed by atoms with Crippen molar-refractivity contribution in [2.24, 2.45) is 0 Å². The second-order valence-corrected chi connectivity index (χ2v) is 8.36. The summed E-state index contributed by atoms with van der Waals surface area (Å²) in [5, 5.41) is 3.59. The first-order valence-corrected chi connectivity index (χ1v) is 10.6. The van der Waals surface area contributed by atoms with E-state index < -0.39 is 30.2 Å². The van der Waals surface area contributed by atoms with Gasteiger partial charge in [-0.2, -0.15) is 18.2 Å². The second kappa shape index (κ2) is 8.89. The van der Waals surface area contributed by atoms with E-state index in [0.29, 0.717) is 10.6 Å². The van der Waals surface area contributed by atoms with Gasteiger partial charge in [0, 0.05) is 29.0 Å². The molecule has 3 aromatic rings. The summed E-state index contributed by atoms with van der Waals surface area (Å²) >= 11 is 1.28. The fraction of sp³-hybridized carbons (Fsp3) is 0.350. The number of nitrogens with zero attached hydrogens (tertiary/aromatic N) is 5. The van der Waals surface area contributed by atoms with E-state index in [0.717, 1.165) is 22.0 Å². The molecule has 0 aromatic carbocycles. The van der Waals surface area contributed by atoms with Gasteiger partial charge in [-0.1, -0.05) is 0 Å². The van der Waals surface area contributed by atoms with E-state index in [2.05, 4.69) is 25.3 Å². The Labute approximate surface area is 189 Å². The van der Waals surface area contributed by atoms with Gasteiger partial charge in [-0.25, -0.2) is 19.2 Å². The van der Waals surface area contributed by atoms with Crippen LogP contribution in [0.15, 0.2) is 36.8 Å². The Hall–Kier alpha value is -3.35. The first kappa shape index (κ1) is 22.8. The van der Waals surface area contributed by atoms with Gasteiger partial charge in [0.05, 0.1) is 6.04 Å². The Bertz CT molecular complexity index is 1140. The van der Waals surface area contributed by atoms with Crippen molar-refractivity contribution in [2.75, 3.05) is 16.8 Å². The zero-order chi connectivity index (χ0) is 23.8. The van der Waals surface area contributed by atoms with Gasteiger partial charge < -0.3 is 10.1 Å². The maximum absolute atomic E-state index is 13.9. The molecule has 0 aliphatic carbocycles. The number of cyclic esters (lactones) is 1. The van der Waals surface area contributed by atoms with Gasteiger partial charge in [-0.15, -0.1) is 11.3 Å². The lowest BCUT2D eigenvalue weighted by atomic mass is 10.2. The molecule has 1 amide bonds. The normalized spacial score (nSPS) is 18.2. The Kier molecular flexibility index (Phi) is 6.15. The van der Waals surface area contributed by atoms with Gasteiger partial charge in [0.25, 0.3) is 0 Å². The van der Waals surface area contributed by atoms with Crippen LogP contribution in [-0.4, -0.2) is 44.8 Å². The highest BCUT2D eigenvalue weighted by Gasteiger charge is 2.39. The van der Waals surface area contributed by atoms with Crippen LogP contribution in [0.5, 0.6) is 0 Å². The summed E-state index contributed by atoms with van der Waals surface area (Å²) in [6, 6.07) is 2.63. The second-order valence-electron chi connectivity index (χ2n) is 7.29. The van der Waals surface area contributed by atoms with Gasteiger partial charge in [0.2, 0.25) is 5.95 Å². The van der Waals surface area contributed by atoms with Crippen LogP contribution in [0.4, 0.5) is 34.1 Å². The minimum absolute atomic E-state index is 0.0673. The quantitative estimate of drug-likeness (QED) is 0.501. The summed E-state index contributed by atoms with van der Waals surface area (Å²) in [5.41, 5.74) is -0.509. The molecule has 13 heteroatoms. The van der Waals surface area contributed by atoms with Crippen molar-refractivity contribution in [1.82, 2.24) is 19.9 Å². The lowest BCUT2D eigenvalue weighted by Crippen LogP contribution is -2.39. The molecular weight excluding hydrogens is 464 g/mol. The highest BCUT2D eigenvalue weighted by molar-refractivity contribution is 7.15. The number of thiazole rings is 1. The predicted molar refractivity (Wildman–Crippen MR) is 113 cm³/mol. The minimum atomic E-state index is -4.51. The minimum Gasteiger partial charge on any atom is -0.447 e. The number of halogens is 4. The Morgan fingerprint density at radius 2 is 1.97 bits per heavy atom. The topological polar surface area (TPSA) is 93.1 Å². The molecule has 1 fully saturated rings. The molecule has 1 unspecified atom stereocenters. The number of nitrogens with one attached hydrogen (secondary N) is 1. The van der Waals surface area contributed by atoms with Crippen molar-refractivity contribution < 1.29 is 27.1 Å². The summed E-state index contributed by atoms with van der Waals surface area (Å²) in [6.45, 7) is 3.10. The molecule has 1 saturated heterocycles. The molecule has 3 aromatic heterocycles. The van der Waals surface area contributed by atoms with Crippen LogP contribution in [0.3, 0.4) is 0 Å². The average Bonchev–Trinajstić information content (AvgIpc) is 3.41. The van der Waals surface area contributed by atoms with Crippen LogP contribution in [0, 0.1) is 0 Å². The molecule has 8 nitrogen and oxygen atoms in total. The summed E-state index contributed by atoms with van der Waals surface area (Å²) in [7, 11) is 0. The maximum atomic E-state index is 13.9. The summed E-state index contributed by atoms with van der Waals surface area (Å²) in [5.74, 6) is 0.411. The van der Waals surface area contributed by atoms with Gasteiger partial charge in [-0.3, -0.25) is 9.88 Å². The molecule has 4 heterocycles. The number of rotatable bonds is 6. The number of alkyl halides is 4. The number of carbonyl (C=O) groups is 1. The average molecular weight is 482 g/mol. The van der Waals surface area contributed by atoms with Crippen LogP contribution >= 0.6 is 11.3 Å². The predicted octanol–water partition coefficient (Wildman–Crippen LogP) is 4.87.